The van der Waals surface area contributed by atoms with Crippen molar-refractivity contribution in [2.75, 3.05) is 17.2 Å². The molecule has 0 saturated carbocycles. The van der Waals surface area contributed by atoms with Gasteiger partial charge in [0.25, 0.3) is 5.91 Å². The summed E-state index contributed by atoms with van der Waals surface area (Å²) in [4.78, 5) is 31.5. The standard InChI is InChI=1S/C17H15N5O3/c1-2-25-16(24)12-4-6-14(7-5-12)22-15(23)13(10-18)11-21-17-19-8-3-9-20-17/h3-9,11H,2H2,1H3,(H,22,23)(H,19,20,21)/b13-11-. The van der Waals surface area contributed by atoms with Crippen LogP contribution >= 0.6 is 0 Å². The first-order valence-electron chi connectivity index (χ1n) is 7.36. The van der Waals surface area contributed by atoms with Crippen LogP contribution in [0, 0.1) is 11.3 Å². The summed E-state index contributed by atoms with van der Waals surface area (Å²) in [6.45, 7) is 2.00. The number of rotatable bonds is 6. The summed E-state index contributed by atoms with van der Waals surface area (Å²) < 4.78 is 4.88. The Labute approximate surface area is 144 Å². The van der Waals surface area contributed by atoms with Gasteiger partial charge in [0.05, 0.1) is 12.2 Å². The van der Waals surface area contributed by atoms with Crippen molar-refractivity contribution in [3.05, 3.63) is 60.1 Å². The quantitative estimate of drug-likeness (QED) is 0.471. The lowest BCUT2D eigenvalue weighted by atomic mass is 10.2. The van der Waals surface area contributed by atoms with E-state index in [9.17, 15) is 9.59 Å². The highest BCUT2D eigenvalue weighted by molar-refractivity contribution is 6.06. The van der Waals surface area contributed by atoms with Gasteiger partial charge in [0.15, 0.2) is 0 Å². The van der Waals surface area contributed by atoms with Crippen LogP contribution in [0.4, 0.5) is 11.6 Å². The second-order valence-corrected chi connectivity index (χ2v) is 4.64. The maximum absolute atomic E-state index is 12.1. The Kier molecular flexibility index (Phi) is 6.19. The summed E-state index contributed by atoms with van der Waals surface area (Å²) in [7, 11) is 0. The van der Waals surface area contributed by atoms with Crippen molar-refractivity contribution in [1.82, 2.24) is 9.97 Å². The molecule has 126 valence electrons. The van der Waals surface area contributed by atoms with Gasteiger partial charge in [0, 0.05) is 24.3 Å². The summed E-state index contributed by atoms with van der Waals surface area (Å²) in [5.41, 5.74) is 0.663. The molecular weight excluding hydrogens is 322 g/mol. The molecule has 0 saturated heterocycles. The molecule has 8 nitrogen and oxygen atoms in total. The molecule has 0 aliphatic carbocycles. The Balaban J connectivity index is 2.02. The van der Waals surface area contributed by atoms with E-state index < -0.39 is 11.9 Å². The number of amides is 1. The maximum Gasteiger partial charge on any atom is 0.338 e. The van der Waals surface area contributed by atoms with E-state index in [0.717, 1.165) is 0 Å². The third kappa shape index (κ3) is 5.14. The van der Waals surface area contributed by atoms with Crippen molar-refractivity contribution in [2.45, 2.75) is 6.92 Å². The third-order valence-corrected chi connectivity index (χ3v) is 2.93. The average Bonchev–Trinajstić information content (AvgIpc) is 2.64. The van der Waals surface area contributed by atoms with E-state index in [-0.39, 0.29) is 18.1 Å². The fraction of sp³-hybridized carbons (Fsp3) is 0.118. The van der Waals surface area contributed by atoms with E-state index in [4.69, 9.17) is 10.00 Å². The number of carbonyl (C=O) groups is 2. The Morgan fingerprint density at radius 3 is 2.52 bits per heavy atom. The summed E-state index contributed by atoms with van der Waals surface area (Å²) >= 11 is 0. The summed E-state index contributed by atoms with van der Waals surface area (Å²) in [6, 6.07) is 9.59. The number of benzene rings is 1. The van der Waals surface area contributed by atoms with Gasteiger partial charge < -0.3 is 15.4 Å². The van der Waals surface area contributed by atoms with Crippen molar-refractivity contribution >= 4 is 23.5 Å². The number of anilines is 2. The highest BCUT2D eigenvalue weighted by atomic mass is 16.5. The highest BCUT2D eigenvalue weighted by Gasteiger charge is 2.11. The van der Waals surface area contributed by atoms with E-state index in [2.05, 4.69) is 20.6 Å². The molecule has 25 heavy (non-hydrogen) atoms. The van der Waals surface area contributed by atoms with Gasteiger partial charge in [-0.3, -0.25) is 4.79 Å². The second-order valence-electron chi connectivity index (χ2n) is 4.64. The number of carbonyl (C=O) groups excluding carboxylic acids is 2. The fourth-order valence-electron chi connectivity index (χ4n) is 1.76. The predicted octanol–water partition coefficient (Wildman–Crippen LogP) is 2.11. The smallest absolute Gasteiger partial charge is 0.338 e. The molecule has 1 aromatic carbocycles. The largest absolute Gasteiger partial charge is 0.462 e. The van der Waals surface area contributed by atoms with Gasteiger partial charge in [-0.05, 0) is 37.3 Å². The number of hydrogen-bond acceptors (Lipinski definition) is 7. The van der Waals surface area contributed by atoms with Crippen molar-refractivity contribution in [3.8, 4) is 6.07 Å². The summed E-state index contributed by atoms with van der Waals surface area (Å²) in [6.07, 6.45) is 4.28. The van der Waals surface area contributed by atoms with Gasteiger partial charge in [-0.25, -0.2) is 14.8 Å². The van der Waals surface area contributed by atoms with Crippen LogP contribution < -0.4 is 10.6 Å². The molecule has 1 aromatic heterocycles. The number of nitrogens with zero attached hydrogens (tertiary/aromatic N) is 3. The Bertz CT molecular complexity index is 810. The lowest BCUT2D eigenvalue weighted by Gasteiger charge is -2.06. The van der Waals surface area contributed by atoms with Crippen molar-refractivity contribution in [1.29, 1.82) is 5.26 Å². The Hall–Kier alpha value is -3.73. The molecule has 2 N–H and O–H groups in total. The zero-order valence-electron chi connectivity index (χ0n) is 13.4. The van der Waals surface area contributed by atoms with Gasteiger partial charge in [0.1, 0.15) is 11.6 Å². The Morgan fingerprint density at radius 2 is 1.92 bits per heavy atom. The number of hydrogen-bond donors (Lipinski definition) is 2. The molecule has 2 rings (SSSR count). The summed E-state index contributed by atoms with van der Waals surface area (Å²) in [5, 5.41) is 14.3. The minimum absolute atomic E-state index is 0.151. The number of nitriles is 1. The van der Waals surface area contributed by atoms with Crippen LogP contribution in [0.1, 0.15) is 17.3 Å². The third-order valence-electron chi connectivity index (χ3n) is 2.93. The minimum atomic E-state index is -0.602. The van der Waals surface area contributed by atoms with Gasteiger partial charge in [-0.2, -0.15) is 5.26 Å². The normalized spacial score (nSPS) is 10.5. The predicted molar refractivity (Wildman–Crippen MR) is 90.4 cm³/mol. The van der Waals surface area contributed by atoms with Gasteiger partial charge in [0.2, 0.25) is 5.95 Å². The van der Waals surface area contributed by atoms with Gasteiger partial charge in [-0.15, -0.1) is 0 Å². The minimum Gasteiger partial charge on any atom is -0.462 e. The van der Waals surface area contributed by atoms with E-state index in [1.54, 1.807) is 31.2 Å². The molecule has 0 atom stereocenters. The number of ether oxygens (including phenoxy) is 1. The van der Waals surface area contributed by atoms with Crippen LogP contribution in [-0.2, 0) is 9.53 Å². The first-order chi connectivity index (χ1) is 12.1. The van der Waals surface area contributed by atoms with E-state index >= 15 is 0 Å². The fourth-order valence-corrected chi connectivity index (χ4v) is 1.76. The highest BCUT2D eigenvalue weighted by Crippen LogP contribution is 2.12. The number of nitrogens with one attached hydrogen (secondary N) is 2. The van der Waals surface area contributed by atoms with Crippen molar-refractivity contribution in [3.63, 3.8) is 0 Å². The van der Waals surface area contributed by atoms with E-state index in [0.29, 0.717) is 11.3 Å². The van der Waals surface area contributed by atoms with Crippen LogP contribution in [0.5, 0.6) is 0 Å². The van der Waals surface area contributed by atoms with Crippen LogP contribution in [0.25, 0.3) is 0 Å². The molecule has 2 aromatic rings. The summed E-state index contributed by atoms with van der Waals surface area (Å²) in [5.74, 6) is -0.776. The van der Waals surface area contributed by atoms with Gasteiger partial charge in [-0.1, -0.05) is 0 Å². The molecule has 1 amide bonds. The van der Waals surface area contributed by atoms with Crippen LogP contribution in [-0.4, -0.2) is 28.5 Å². The monoisotopic (exact) mass is 337 g/mol. The molecule has 0 aliphatic heterocycles. The average molecular weight is 337 g/mol. The first-order valence-corrected chi connectivity index (χ1v) is 7.36. The molecule has 8 heteroatoms. The number of esters is 1. The molecule has 1 heterocycles. The van der Waals surface area contributed by atoms with E-state index in [1.165, 1.54) is 30.7 Å². The topological polar surface area (TPSA) is 117 Å². The van der Waals surface area contributed by atoms with Gasteiger partial charge >= 0.3 is 5.97 Å². The van der Waals surface area contributed by atoms with Crippen molar-refractivity contribution < 1.29 is 14.3 Å². The SMILES string of the molecule is CCOC(=O)c1ccc(NC(=O)/C(C#N)=C\Nc2ncccn2)cc1. The molecule has 0 radical (unpaired) electrons. The first kappa shape index (κ1) is 17.6. The lowest BCUT2D eigenvalue weighted by molar-refractivity contribution is -0.112. The molecule has 0 unspecified atom stereocenters. The number of aromatic nitrogens is 2. The van der Waals surface area contributed by atoms with E-state index in [1.807, 2.05) is 0 Å². The zero-order valence-corrected chi connectivity index (χ0v) is 13.4. The second kappa shape index (κ2) is 8.79. The molecule has 0 bridgehead atoms. The van der Waals surface area contributed by atoms with Crippen molar-refractivity contribution in [2.24, 2.45) is 0 Å². The zero-order chi connectivity index (χ0) is 18.1. The molecule has 0 fully saturated rings. The molecule has 0 aliphatic rings. The van der Waals surface area contributed by atoms with Crippen LogP contribution in [0.2, 0.25) is 0 Å². The van der Waals surface area contributed by atoms with Crippen LogP contribution in [0.3, 0.4) is 0 Å². The Morgan fingerprint density at radius 1 is 1.24 bits per heavy atom. The molecule has 0 spiro atoms. The van der Waals surface area contributed by atoms with Crippen LogP contribution in [0.15, 0.2) is 54.5 Å². The molecular formula is C17H15N5O3. The lowest BCUT2D eigenvalue weighted by Crippen LogP contribution is -2.15. The maximum atomic E-state index is 12.1.